The normalized spacial score (nSPS) is 10.8. The third-order valence-corrected chi connectivity index (χ3v) is 3.84. The highest BCUT2D eigenvalue weighted by Gasteiger charge is 1.92. The molecular weight excluding hydrogens is 200 g/mol. The fourth-order valence-corrected chi connectivity index (χ4v) is 2.66. The predicted molar refractivity (Wildman–Crippen MR) is 74.5 cm³/mol. The Morgan fingerprint density at radius 2 is 1.27 bits per heavy atom. The molecule has 0 fully saturated rings. The van der Waals surface area contributed by atoms with Crippen molar-refractivity contribution in [3.05, 3.63) is 6.92 Å². The molecule has 1 radical (unpaired) electrons. The van der Waals surface area contributed by atoms with E-state index in [0.29, 0.717) is 0 Å². The molecule has 0 unspecified atom stereocenters. The van der Waals surface area contributed by atoms with Crippen molar-refractivity contribution < 1.29 is 0 Å². The van der Waals surface area contributed by atoms with Gasteiger partial charge in [0.2, 0.25) is 0 Å². The van der Waals surface area contributed by atoms with Gasteiger partial charge in [0, 0.05) is 0 Å². The van der Waals surface area contributed by atoms with Gasteiger partial charge in [-0.3, -0.25) is 0 Å². The van der Waals surface area contributed by atoms with Crippen molar-refractivity contribution >= 4 is 11.8 Å². The average molecular weight is 229 g/mol. The highest BCUT2D eigenvalue weighted by Crippen LogP contribution is 2.12. The highest BCUT2D eigenvalue weighted by atomic mass is 32.2. The van der Waals surface area contributed by atoms with E-state index in [1.165, 1.54) is 69.3 Å². The predicted octanol–water partition coefficient (Wildman–Crippen LogP) is 5.47. The van der Waals surface area contributed by atoms with Crippen LogP contribution in [0.3, 0.4) is 0 Å². The van der Waals surface area contributed by atoms with E-state index in [1.807, 2.05) is 0 Å². The fraction of sp³-hybridized carbons (Fsp3) is 0.929. The van der Waals surface area contributed by atoms with Crippen LogP contribution in [-0.4, -0.2) is 11.5 Å². The molecule has 0 aromatic rings. The SMILES string of the molecule is [CH2]CCCCCCCCSCCCCC. The van der Waals surface area contributed by atoms with Gasteiger partial charge in [-0.2, -0.15) is 11.8 Å². The second-order valence-corrected chi connectivity index (χ2v) is 5.52. The Labute approximate surface area is 102 Å². The van der Waals surface area contributed by atoms with Crippen LogP contribution in [0.25, 0.3) is 0 Å². The van der Waals surface area contributed by atoms with E-state index in [-0.39, 0.29) is 0 Å². The quantitative estimate of drug-likeness (QED) is 0.400. The van der Waals surface area contributed by atoms with Crippen molar-refractivity contribution in [2.45, 2.75) is 71.1 Å². The zero-order valence-electron chi connectivity index (χ0n) is 10.6. The van der Waals surface area contributed by atoms with Gasteiger partial charge in [0.25, 0.3) is 0 Å². The molecule has 0 aliphatic heterocycles. The van der Waals surface area contributed by atoms with E-state index in [4.69, 9.17) is 0 Å². The maximum Gasteiger partial charge on any atom is -0.00675 e. The molecule has 0 atom stereocenters. The van der Waals surface area contributed by atoms with E-state index in [1.54, 1.807) is 0 Å². The summed E-state index contributed by atoms with van der Waals surface area (Å²) < 4.78 is 0. The molecule has 0 aliphatic rings. The van der Waals surface area contributed by atoms with E-state index in [9.17, 15) is 0 Å². The zero-order valence-corrected chi connectivity index (χ0v) is 11.4. The first-order valence-electron chi connectivity index (χ1n) is 6.78. The van der Waals surface area contributed by atoms with Crippen LogP contribution in [0, 0.1) is 6.92 Å². The van der Waals surface area contributed by atoms with Crippen LogP contribution < -0.4 is 0 Å². The van der Waals surface area contributed by atoms with Crippen LogP contribution in [0.15, 0.2) is 0 Å². The van der Waals surface area contributed by atoms with Gasteiger partial charge in [-0.1, -0.05) is 65.2 Å². The highest BCUT2D eigenvalue weighted by molar-refractivity contribution is 7.99. The Hall–Kier alpha value is 0.350. The Balaban J connectivity index is 2.81. The Kier molecular flexibility index (Phi) is 14.7. The lowest BCUT2D eigenvalue weighted by molar-refractivity contribution is 0.612. The number of thioether (sulfide) groups is 1. The molecule has 0 nitrogen and oxygen atoms in total. The molecule has 0 heterocycles. The van der Waals surface area contributed by atoms with Crippen LogP contribution in [-0.2, 0) is 0 Å². The molecule has 1 heteroatoms. The number of rotatable bonds is 12. The molecular formula is C14H29S. The maximum atomic E-state index is 3.87. The maximum absolute atomic E-state index is 3.87. The van der Waals surface area contributed by atoms with Crippen molar-refractivity contribution in [1.82, 2.24) is 0 Å². The Bertz CT molecular complexity index is 89.5. The lowest BCUT2D eigenvalue weighted by Crippen LogP contribution is -1.85. The summed E-state index contributed by atoms with van der Waals surface area (Å²) in [6, 6.07) is 0. The Morgan fingerprint density at radius 1 is 0.733 bits per heavy atom. The van der Waals surface area contributed by atoms with Crippen LogP contribution in [0.1, 0.15) is 71.1 Å². The summed E-state index contributed by atoms with van der Waals surface area (Å²) in [5.41, 5.74) is 0. The lowest BCUT2D eigenvalue weighted by atomic mass is 10.1. The standard InChI is InChI=1S/C14H29S/c1-3-5-7-8-9-10-12-14-15-13-11-6-4-2/h1,3-14H2,2H3. The topological polar surface area (TPSA) is 0 Å². The first-order chi connectivity index (χ1) is 7.41. The van der Waals surface area contributed by atoms with Crippen LogP contribution in [0.5, 0.6) is 0 Å². The minimum absolute atomic E-state index is 1.12. The van der Waals surface area contributed by atoms with Gasteiger partial charge in [0.1, 0.15) is 0 Å². The van der Waals surface area contributed by atoms with Crippen molar-refractivity contribution in [2.75, 3.05) is 11.5 Å². The Morgan fingerprint density at radius 3 is 1.87 bits per heavy atom. The summed E-state index contributed by atoms with van der Waals surface area (Å²) in [5.74, 6) is 2.77. The third-order valence-electron chi connectivity index (χ3n) is 2.68. The largest absolute Gasteiger partial charge is 0.162 e. The lowest BCUT2D eigenvalue weighted by Gasteiger charge is -2.01. The molecule has 0 aromatic heterocycles. The average Bonchev–Trinajstić information content (AvgIpc) is 2.26. The number of unbranched alkanes of at least 4 members (excludes halogenated alkanes) is 8. The van der Waals surface area contributed by atoms with Crippen molar-refractivity contribution in [1.29, 1.82) is 0 Å². The first kappa shape index (κ1) is 15.3. The van der Waals surface area contributed by atoms with Gasteiger partial charge in [-0.15, -0.1) is 0 Å². The van der Waals surface area contributed by atoms with Gasteiger partial charge in [-0.05, 0) is 24.3 Å². The molecule has 0 rings (SSSR count). The summed E-state index contributed by atoms with van der Waals surface area (Å²) in [6.45, 7) is 6.14. The summed E-state index contributed by atoms with van der Waals surface area (Å²) >= 11 is 2.15. The van der Waals surface area contributed by atoms with Gasteiger partial charge in [-0.25, -0.2) is 0 Å². The summed E-state index contributed by atoms with van der Waals surface area (Å²) in [4.78, 5) is 0. The summed E-state index contributed by atoms with van der Waals surface area (Å²) in [7, 11) is 0. The van der Waals surface area contributed by atoms with Crippen LogP contribution in [0.2, 0.25) is 0 Å². The molecule has 15 heavy (non-hydrogen) atoms. The molecule has 0 aliphatic carbocycles. The van der Waals surface area contributed by atoms with Crippen molar-refractivity contribution in [3.63, 3.8) is 0 Å². The van der Waals surface area contributed by atoms with Gasteiger partial charge < -0.3 is 0 Å². The molecule has 0 amide bonds. The van der Waals surface area contributed by atoms with E-state index >= 15 is 0 Å². The second-order valence-electron chi connectivity index (χ2n) is 4.29. The number of hydrogen-bond acceptors (Lipinski definition) is 1. The van der Waals surface area contributed by atoms with E-state index in [2.05, 4.69) is 25.6 Å². The van der Waals surface area contributed by atoms with Gasteiger partial charge in [0.15, 0.2) is 0 Å². The zero-order chi connectivity index (χ0) is 11.2. The summed E-state index contributed by atoms with van der Waals surface area (Å²) in [5, 5.41) is 0. The summed E-state index contributed by atoms with van der Waals surface area (Å²) in [6.07, 6.45) is 13.8. The molecule has 0 bridgehead atoms. The molecule has 91 valence electrons. The molecule has 0 saturated carbocycles. The third kappa shape index (κ3) is 14.4. The fourth-order valence-electron chi connectivity index (χ4n) is 1.64. The van der Waals surface area contributed by atoms with Gasteiger partial charge >= 0.3 is 0 Å². The van der Waals surface area contributed by atoms with E-state index < -0.39 is 0 Å². The minimum Gasteiger partial charge on any atom is -0.162 e. The van der Waals surface area contributed by atoms with Crippen LogP contribution >= 0.6 is 11.8 Å². The van der Waals surface area contributed by atoms with Crippen molar-refractivity contribution in [2.24, 2.45) is 0 Å². The first-order valence-corrected chi connectivity index (χ1v) is 7.94. The molecule has 0 saturated heterocycles. The number of hydrogen-bond donors (Lipinski definition) is 0. The smallest absolute Gasteiger partial charge is 0.00675 e. The molecule has 0 aromatic carbocycles. The molecule has 0 N–H and O–H groups in total. The van der Waals surface area contributed by atoms with Crippen LogP contribution in [0.4, 0.5) is 0 Å². The van der Waals surface area contributed by atoms with Gasteiger partial charge in [0.05, 0.1) is 0 Å². The van der Waals surface area contributed by atoms with Crippen molar-refractivity contribution in [3.8, 4) is 0 Å². The minimum atomic E-state index is 1.12. The van der Waals surface area contributed by atoms with E-state index in [0.717, 1.165) is 6.42 Å². The molecule has 0 spiro atoms. The monoisotopic (exact) mass is 229 g/mol. The second kappa shape index (κ2) is 14.3.